The first-order valence-electron chi connectivity index (χ1n) is 7.07. The maximum Gasteiger partial charge on any atom is 0.311 e. The summed E-state index contributed by atoms with van der Waals surface area (Å²) in [5.41, 5.74) is 0.814. The van der Waals surface area contributed by atoms with Crippen molar-refractivity contribution in [3.63, 3.8) is 0 Å². The Morgan fingerprint density at radius 1 is 1.15 bits per heavy atom. The Kier molecular flexibility index (Phi) is 6.50. The minimum atomic E-state index is -0.778. The molecular formula is C16H24ClNO2. The van der Waals surface area contributed by atoms with E-state index in [2.05, 4.69) is 32.6 Å². The average Bonchev–Trinajstić information content (AvgIpc) is 2.34. The Morgan fingerprint density at radius 3 is 2.05 bits per heavy atom. The summed E-state index contributed by atoms with van der Waals surface area (Å²) in [6.07, 6.45) is 0.604. The maximum absolute atomic E-state index is 11.5. The average molecular weight is 298 g/mol. The number of halogens is 1. The van der Waals surface area contributed by atoms with E-state index in [1.54, 1.807) is 24.3 Å². The zero-order valence-electron chi connectivity index (χ0n) is 12.6. The highest BCUT2D eigenvalue weighted by molar-refractivity contribution is 6.30. The minimum Gasteiger partial charge on any atom is -0.481 e. The topological polar surface area (TPSA) is 40.5 Å². The van der Waals surface area contributed by atoms with Crippen LogP contribution in [0.5, 0.6) is 0 Å². The molecule has 0 fully saturated rings. The largest absolute Gasteiger partial charge is 0.481 e. The summed E-state index contributed by atoms with van der Waals surface area (Å²) in [7, 11) is 0. The fourth-order valence-corrected chi connectivity index (χ4v) is 2.64. The van der Waals surface area contributed by atoms with Crippen LogP contribution in [-0.2, 0) is 4.79 Å². The number of carboxylic acid groups (broad SMARTS) is 1. The van der Waals surface area contributed by atoms with E-state index in [0.717, 1.165) is 12.1 Å². The number of carboxylic acids is 1. The lowest BCUT2D eigenvalue weighted by molar-refractivity contribution is -0.139. The number of hydrogen-bond acceptors (Lipinski definition) is 2. The van der Waals surface area contributed by atoms with Crippen molar-refractivity contribution in [3.8, 4) is 0 Å². The van der Waals surface area contributed by atoms with Gasteiger partial charge in [0, 0.05) is 17.1 Å². The second-order valence-electron chi connectivity index (χ2n) is 5.66. The molecule has 1 N–H and O–H groups in total. The molecule has 0 aliphatic heterocycles. The summed E-state index contributed by atoms with van der Waals surface area (Å²) in [4.78, 5) is 13.8. The van der Waals surface area contributed by atoms with E-state index in [1.165, 1.54) is 0 Å². The van der Waals surface area contributed by atoms with E-state index in [9.17, 15) is 9.90 Å². The summed E-state index contributed by atoms with van der Waals surface area (Å²) in [5, 5.41) is 10.1. The molecule has 1 aromatic carbocycles. The number of carbonyl (C=O) groups is 1. The molecule has 0 aromatic heterocycles. The van der Waals surface area contributed by atoms with E-state index in [4.69, 9.17) is 11.6 Å². The molecule has 0 unspecified atom stereocenters. The molecule has 0 bridgehead atoms. The Hall–Kier alpha value is -1.06. The van der Waals surface area contributed by atoms with Gasteiger partial charge in [-0.2, -0.15) is 0 Å². The smallest absolute Gasteiger partial charge is 0.311 e. The van der Waals surface area contributed by atoms with Crippen LogP contribution in [-0.4, -0.2) is 34.6 Å². The van der Waals surface area contributed by atoms with Gasteiger partial charge in [0.1, 0.15) is 0 Å². The Morgan fingerprint density at radius 2 is 1.65 bits per heavy atom. The van der Waals surface area contributed by atoms with Gasteiger partial charge in [0.15, 0.2) is 0 Å². The summed E-state index contributed by atoms with van der Waals surface area (Å²) < 4.78 is 0. The van der Waals surface area contributed by atoms with Gasteiger partial charge in [-0.05, 0) is 58.4 Å². The van der Waals surface area contributed by atoms with Crippen molar-refractivity contribution in [1.29, 1.82) is 0 Å². The van der Waals surface area contributed by atoms with Gasteiger partial charge in [-0.3, -0.25) is 9.69 Å². The third kappa shape index (κ3) is 4.80. The molecule has 20 heavy (non-hydrogen) atoms. The van der Waals surface area contributed by atoms with Crippen molar-refractivity contribution >= 4 is 17.6 Å². The van der Waals surface area contributed by atoms with Crippen molar-refractivity contribution in [1.82, 2.24) is 4.90 Å². The molecular weight excluding hydrogens is 274 g/mol. The lowest BCUT2D eigenvalue weighted by atomic mass is 9.95. The van der Waals surface area contributed by atoms with Gasteiger partial charge in [0.05, 0.1) is 5.92 Å². The van der Waals surface area contributed by atoms with Crippen LogP contribution >= 0.6 is 11.6 Å². The van der Waals surface area contributed by atoms with Crippen LogP contribution < -0.4 is 0 Å². The summed E-state index contributed by atoms with van der Waals surface area (Å²) >= 11 is 5.85. The van der Waals surface area contributed by atoms with Crippen LogP contribution in [0.1, 0.15) is 45.6 Å². The third-order valence-corrected chi connectivity index (χ3v) is 3.83. The van der Waals surface area contributed by atoms with Gasteiger partial charge in [-0.1, -0.05) is 23.7 Å². The number of benzene rings is 1. The van der Waals surface area contributed by atoms with Crippen LogP contribution in [0.4, 0.5) is 0 Å². The maximum atomic E-state index is 11.5. The fraction of sp³-hybridized carbons (Fsp3) is 0.562. The predicted molar refractivity (Wildman–Crippen MR) is 83.4 cm³/mol. The van der Waals surface area contributed by atoms with E-state index in [0.29, 0.717) is 23.5 Å². The van der Waals surface area contributed by atoms with Crippen LogP contribution in [0.3, 0.4) is 0 Å². The molecule has 0 saturated heterocycles. The van der Waals surface area contributed by atoms with Crippen molar-refractivity contribution in [2.24, 2.45) is 0 Å². The molecule has 1 rings (SSSR count). The molecule has 1 atom stereocenters. The molecule has 0 radical (unpaired) electrons. The SMILES string of the molecule is CC(C)N(CC[C@H](C(=O)O)c1ccc(Cl)cc1)C(C)C. The second-order valence-corrected chi connectivity index (χ2v) is 6.09. The Balaban J connectivity index is 2.78. The monoisotopic (exact) mass is 297 g/mol. The van der Waals surface area contributed by atoms with Gasteiger partial charge in [0.2, 0.25) is 0 Å². The molecule has 0 spiro atoms. The number of aliphatic carboxylic acids is 1. The molecule has 0 heterocycles. The molecule has 1 aromatic rings. The van der Waals surface area contributed by atoms with Gasteiger partial charge in [-0.15, -0.1) is 0 Å². The van der Waals surface area contributed by atoms with Crippen molar-refractivity contribution in [3.05, 3.63) is 34.9 Å². The van der Waals surface area contributed by atoms with Crippen molar-refractivity contribution in [2.45, 2.75) is 52.1 Å². The quantitative estimate of drug-likeness (QED) is 0.826. The van der Waals surface area contributed by atoms with E-state index in [-0.39, 0.29) is 0 Å². The lowest BCUT2D eigenvalue weighted by Crippen LogP contribution is -2.38. The highest BCUT2D eigenvalue weighted by atomic mass is 35.5. The first kappa shape index (κ1) is 17.0. The lowest BCUT2D eigenvalue weighted by Gasteiger charge is -2.31. The van der Waals surface area contributed by atoms with Crippen molar-refractivity contribution in [2.75, 3.05) is 6.54 Å². The highest BCUT2D eigenvalue weighted by Crippen LogP contribution is 2.23. The normalized spacial score (nSPS) is 13.2. The van der Waals surface area contributed by atoms with E-state index in [1.807, 2.05) is 0 Å². The minimum absolute atomic E-state index is 0.412. The van der Waals surface area contributed by atoms with E-state index >= 15 is 0 Å². The first-order chi connectivity index (χ1) is 9.32. The molecule has 0 saturated carbocycles. The third-order valence-electron chi connectivity index (χ3n) is 3.57. The van der Waals surface area contributed by atoms with Crippen LogP contribution in [0.2, 0.25) is 5.02 Å². The van der Waals surface area contributed by atoms with E-state index < -0.39 is 11.9 Å². The molecule has 0 amide bonds. The van der Waals surface area contributed by atoms with Gasteiger partial charge in [0.25, 0.3) is 0 Å². The summed E-state index contributed by atoms with van der Waals surface area (Å²) in [5.74, 6) is -1.26. The van der Waals surface area contributed by atoms with Crippen molar-refractivity contribution < 1.29 is 9.90 Å². The van der Waals surface area contributed by atoms with Crippen LogP contribution in [0.25, 0.3) is 0 Å². The molecule has 3 nitrogen and oxygen atoms in total. The zero-order chi connectivity index (χ0) is 15.3. The van der Waals surface area contributed by atoms with Crippen LogP contribution in [0, 0.1) is 0 Å². The number of hydrogen-bond donors (Lipinski definition) is 1. The standard InChI is InChI=1S/C16H24ClNO2/c1-11(2)18(12(3)4)10-9-15(16(19)20)13-5-7-14(17)8-6-13/h5-8,11-12,15H,9-10H2,1-4H3,(H,19,20)/t15-/m0/s1. The zero-order valence-corrected chi connectivity index (χ0v) is 13.4. The van der Waals surface area contributed by atoms with Gasteiger partial charge in [-0.25, -0.2) is 0 Å². The summed E-state index contributed by atoms with van der Waals surface area (Å²) in [6, 6.07) is 7.92. The van der Waals surface area contributed by atoms with Gasteiger partial charge >= 0.3 is 5.97 Å². The number of nitrogens with zero attached hydrogens (tertiary/aromatic N) is 1. The molecule has 112 valence electrons. The summed E-state index contributed by atoms with van der Waals surface area (Å²) in [6.45, 7) is 9.32. The molecule has 0 aliphatic carbocycles. The first-order valence-corrected chi connectivity index (χ1v) is 7.44. The molecule has 4 heteroatoms. The predicted octanol–water partition coefficient (Wildman–Crippen LogP) is 4.02. The van der Waals surface area contributed by atoms with Crippen LogP contribution in [0.15, 0.2) is 24.3 Å². The Labute approximate surface area is 126 Å². The Bertz CT molecular complexity index is 421. The highest BCUT2D eigenvalue weighted by Gasteiger charge is 2.22. The number of rotatable bonds is 7. The van der Waals surface area contributed by atoms with Gasteiger partial charge < -0.3 is 5.11 Å². The second kappa shape index (κ2) is 7.65. The fourth-order valence-electron chi connectivity index (χ4n) is 2.52. The molecule has 0 aliphatic rings.